The van der Waals surface area contributed by atoms with Crippen molar-refractivity contribution in [1.82, 2.24) is 10.0 Å². The highest BCUT2D eigenvalue weighted by Gasteiger charge is 2.32. The number of methoxy groups -OCH3 is 1. The highest BCUT2D eigenvalue weighted by Crippen LogP contribution is 2.25. The van der Waals surface area contributed by atoms with Gasteiger partial charge in [0.25, 0.3) is 5.91 Å². The Kier molecular flexibility index (Phi) is 4.41. The minimum atomic E-state index is -3.73. The first-order chi connectivity index (χ1) is 11.5. The van der Waals surface area contributed by atoms with Crippen molar-refractivity contribution in [3.8, 4) is 5.75 Å². The first-order valence-corrected chi connectivity index (χ1v) is 8.77. The van der Waals surface area contributed by atoms with E-state index in [2.05, 4.69) is 15.4 Å². The molecule has 8 heteroatoms. The molecule has 1 heterocycles. The van der Waals surface area contributed by atoms with Gasteiger partial charge in [-0.25, -0.2) is 8.42 Å². The Morgan fingerprint density at radius 3 is 2.67 bits per heavy atom. The van der Waals surface area contributed by atoms with Crippen LogP contribution in [0.25, 0.3) is 0 Å². The molecular weight excluding hydrogens is 330 g/mol. The quantitative estimate of drug-likeness (QED) is 0.768. The van der Waals surface area contributed by atoms with Crippen LogP contribution in [0.1, 0.15) is 5.56 Å². The molecule has 1 aliphatic rings. The van der Waals surface area contributed by atoms with Gasteiger partial charge in [-0.05, 0) is 18.2 Å². The van der Waals surface area contributed by atoms with Crippen LogP contribution in [0.4, 0.5) is 5.69 Å². The van der Waals surface area contributed by atoms with E-state index in [-0.39, 0.29) is 11.4 Å². The first kappa shape index (κ1) is 16.3. The highest BCUT2D eigenvalue weighted by molar-refractivity contribution is 7.89. The van der Waals surface area contributed by atoms with Crippen LogP contribution in [0.3, 0.4) is 0 Å². The summed E-state index contributed by atoms with van der Waals surface area (Å²) in [5.41, 5.74) is 1.20. The fraction of sp³-hybridized carbons (Fsp3) is 0.188. The van der Waals surface area contributed by atoms with E-state index < -0.39 is 22.1 Å². The molecule has 1 atom stereocenters. The van der Waals surface area contributed by atoms with E-state index in [1.165, 1.54) is 6.07 Å². The van der Waals surface area contributed by atoms with E-state index in [4.69, 9.17) is 4.74 Å². The number of fused-ring (bicyclic) bond motifs is 1. The van der Waals surface area contributed by atoms with Crippen molar-refractivity contribution >= 4 is 21.6 Å². The van der Waals surface area contributed by atoms with Crippen LogP contribution in [-0.4, -0.2) is 27.6 Å². The molecule has 1 unspecified atom stereocenters. The number of hydrogen-bond donors (Lipinski definition) is 3. The number of hydrogen-bond acceptors (Lipinski definition) is 5. The fourth-order valence-electron chi connectivity index (χ4n) is 2.48. The van der Waals surface area contributed by atoms with Crippen molar-refractivity contribution in [2.45, 2.75) is 17.6 Å². The average Bonchev–Trinajstić information content (AvgIpc) is 2.59. The number of rotatable bonds is 4. The van der Waals surface area contributed by atoms with Crippen molar-refractivity contribution in [1.29, 1.82) is 0 Å². The van der Waals surface area contributed by atoms with Crippen molar-refractivity contribution < 1.29 is 17.9 Å². The average molecular weight is 347 g/mol. The number of benzene rings is 2. The maximum absolute atomic E-state index is 12.3. The minimum Gasteiger partial charge on any atom is -0.496 e. The molecule has 2 aromatic rings. The van der Waals surface area contributed by atoms with Crippen LogP contribution in [0.2, 0.25) is 0 Å². The Morgan fingerprint density at radius 2 is 1.88 bits per heavy atom. The summed E-state index contributed by atoms with van der Waals surface area (Å²) in [6, 6.07) is 13.7. The second-order valence-corrected chi connectivity index (χ2v) is 6.91. The van der Waals surface area contributed by atoms with E-state index in [1.807, 2.05) is 18.2 Å². The van der Waals surface area contributed by atoms with Crippen LogP contribution in [-0.2, 0) is 21.4 Å². The molecule has 0 fully saturated rings. The number of nitrogens with one attached hydrogen (secondary N) is 3. The Balaban J connectivity index is 1.73. The molecule has 7 nitrogen and oxygen atoms in total. The van der Waals surface area contributed by atoms with Gasteiger partial charge in [0.1, 0.15) is 10.6 Å². The predicted octanol–water partition coefficient (Wildman–Crippen LogP) is 1.04. The third-order valence-electron chi connectivity index (χ3n) is 3.66. The number of anilines is 1. The number of para-hydroxylation sites is 2. The summed E-state index contributed by atoms with van der Waals surface area (Å²) in [4.78, 5) is 12.5. The molecule has 2 aromatic carbocycles. The van der Waals surface area contributed by atoms with Crippen LogP contribution in [0.5, 0.6) is 5.75 Å². The van der Waals surface area contributed by atoms with Gasteiger partial charge in [0.2, 0.25) is 10.0 Å². The number of carbonyl (C=O) groups excluding carboxylic acids is 1. The maximum Gasteiger partial charge on any atom is 0.258 e. The third kappa shape index (κ3) is 3.19. The Bertz CT molecular complexity index is 867. The molecule has 0 aromatic heterocycles. The molecule has 3 rings (SSSR count). The lowest BCUT2D eigenvalue weighted by molar-refractivity contribution is -0.122. The van der Waals surface area contributed by atoms with Crippen molar-refractivity contribution in [2.75, 3.05) is 12.4 Å². The van der Waals surface area contributed by atoms with Gasteiger partial charge in [-0.3, -0.25) is 4.79 Å². The summed E-state index contributed by atoms with van der Waals surface area (Å²) in [6.45, 7) is 0.227. The van der Waals surface area contributed by atoms with Gasteiger partial charge >= 0.3 is 0 Å². The molecule has 0 saturated carbocycles. The predicted molar refractivity (Wildman–Crippen MR) is 89.0 cm³/mol. The van der Waals surface area contributed by atoms with Gasteiger partial charge in [0.05, 0.1) is 12.8 Å². The molecule has 24 heavy (non-hydrogen) atoms. The second kappa shape index (κ2) is 6.50. The summed E-state index contributed by atoms with van der Waals surface area (Å²) in [5.74, 6) is 0.180. The zero-order valence-electron chi connectivity index (χ0n) is 12.9. The van der Waals surface area contributed by atoms with Crippen LogP contribution >= 0.6 is 0 Å². The zero-order chi connectivity index (χ0) is 17.2. The molecule has 0 spiro atoms. The molecule has 1 aliphatic heterocycles. The fourth-order valence-corrected chi connectivity index (χ4v) is 3.75. The highest BCUT2D eigenvalue weighted by atomic mass is 32.2. The number of carbonyl (C=O) groups is 1. The van der Waals surface area contributed by atoms with E-state index in [1.54, 1.807) is 31.4 Å². The standard InChI is InChI=1S/C16H17N3O4S/c1-23-13-8-4-2-6-11(13)10-17-16(20)15-18-12-7-3-5-9-14(12)24(21,22)19-15/h2-9,15,18-19H,10H2,1H3,(H,17,20). The number of amides is 1. The Labute approximate surface area is 140 Å². The number of ether oxygens (including phenoxy) is 1. The molecular formula is C16H17N3O4S. The zero-order valence-corrected chi connectivity index (χ0v) is 13.8. The van der Waals surface area contributed by atoms with Gasteiger partial charge in [-0.1, -0.05) is 30.3 Å². The summed E-state index contributed by atoms with van der Waals surface area (Å²) in [6.07, 6.45) is -1.07. The first-order valence-electron chi connectivity index (χ1n) is 7.29. The van der Waals surface area contributed by atoms with E-state index >= 15 is 0 Å². The molecule has 0 radical (unpaired) electrons. The summed E-state index contributed by atoms with van der Waals surface area (Å²) < 4.78 is 32.0. The molecule has 1 amide bonds. The maximum atomic E-state index is 12.3. The lowest BCUT2D eigenvalue weighted by Gasteiger charge is -2.27. The molecule has 126 valence electrons. The van der Waals surface area contributed by atoms with Gasteiger partial charge in [-0.15, -0.1) is 0 Å². The van der Waals surface area contributed by atoms with Crippen LogP contribution in [0.15, 0.2) is 53.4 Å². The van der Waals surface area contributed by atoms with Crippen molar-refractivity contribution in [2.24, 2.45) is 0 Å². The minimum absolute atomic E-state index is 0.124. The molecule has 3 N–H and O–H groups in total. The van der Waals surface area contributed by atoms with Crippen LogP contribution < -0.4 is 20.1 Å². The molecule has 0 aliphatic carbocycles. The van der Waals surface area contributed by atoms with Gasteiger partial charge in [-0.2, -0.15) is 4.72 Å². The lowest BCUT2D eigenvalue weighted by Crippen LogP contribution is -2.53. The summed E-state index contributed by atoms with van der Waals surface area (Å²) >= 11 is 0. The normalized spacial score (nSPS) is 18.1. The summed E-state index contributed by atoms with van der Waals surface area (Å²) in [7, 11) is -2.18. The van der Waals surface area contributed by atoms with Gasteiger partial charge in [0, 0.05) is 12.1 Å². The molecule has 0 saturated heterocycles. The Hall–Kier alpha value is -2.58. The van der Waals surface area contributed by atoms with E-state index in [0.29, 0.717) is 11.4 Å². The van der Waals surface area contributed by atoms with Gasteiger partial charge in [0.15, 0.2) is 6.17 Å². The Morgan fingerprint density at radius 1 is 1.17 bits per heavy atom. The smallest absolute Gasteiger partial charge is 0.258 e. The SMILES string of the molecule is COc1ccccc1CNC(=O)C1Nc2ccccc2S(=O)(=O)N1. The van der Waals surface area contributed by atoms with Gasteiger partial charge < -0.3 is 15.4 Å². The van der Waals surface area contributed by atoms with E-state index in [9.17, 15) is 13.2 Å². The topological polar surface area (TPSA) is 96.5 Å². The van der Waals surface area contributed by atoms with Crippen molar-refractivity contribution in [3.05, 3.63) is 54.1 Å². The largest absolute Gasteiger partial charge is 0.496 e. The number of sulfonamides is 1. The monoisotopic (exact) mass is 347 g/mol. The second-order valence-electron chi connectivity index (χ2n) is 5.22. The van der Waals surface area contributed by atoms with Crippen molar-refractivity contribution in [3.63, 3.8) is 0 Å². The third-order valence-corrected chi connectivity index (χ3v) is 5.14. The van der Waals surface area contributed by atoms with E-state index in [0.717, 1.165) is 5.56 Å². The van der Waals surface area contributed by atoms with Crippen LogP contribution in [0, 0.1) is 0 Å². The lowest BCUT2D eigenvalue weighted by atomic mass is 10.2. The molecule has 0 bridgehead atoms. The summed E-state index contributed by atoms with van der Waals surface area (Å²) in [5, 5.41) is 5.59.